The van der Waals surface area contributed by atoms with Gasteiger partial charge in [0.05, 0.1) is 5.56 Å². The number of aromatic nitrogens is 3. The summed E-state index contributed by atoms with van der Waals surface area (Å²) >= 11 is 0. The summed E-state index contributed by atoms with van der Waals surface area (Å²) in [5, 5.41) is 14.2. The van der Waals surface area contributed by atoms with Crippen LogP contribution < -0.4 is 4.72 Å². The molecule has 2 aromatic rings. The lowest BCUT2D eigenvalue weighted by Crippen LogP contribution is -2.17. The molecule has 0 radical (unpaired) electrons. The standard InChI is InChI=1S/C9H6F2N4O4S/c10-5-1-4(8(16)17)2-6(7(5)11)20(18,19)15-9-12-3-13-14-9/h1-3H,(H,16,17)(H2,12,13,14,15). The van der Waals surface area contributed by atoms with Crippen molar-refractivity contribution in [1.82, 2.24) is 15.2 Å². The van der Waals surface area contributed by atoms with E-state index in [0.717, 1.165) is 6.33 Å². The van der Waals surface area contributed by atoms with Crippen molar-refractivity contribution in [2.75, 3.05) is 4.72 Å². The van der Waals surface area contributed by atoms with E-state index in [9.17, 15) is 22.0 Å². The van der Waals surface area contributed by atoms with Crippen LogP contribution in [0.1, 0.15) is 10.4 Å². The van der Waals surface area contributed by atoms with E-state index < -0.39 is 38.1 Å². The molecule has 0 aliphatic carbocycles. The number of sulfonamides is 1. The van der Waals surface area contributed by atoms with Crippen LogP contribution in [0.15, 0.2) is 23.4 Å². The third-order valence-electron chi connectivity index (χ3n) is 2.18. The van der Waals surface area contributed by atoms with Gasteiger partial charge in [0.2, 0.25) is 5.95 Å². The molecule has 1 aromatic carbocycles. The van der Waals surface area contributed by atoms with E-state index in [0.29, 0.717) is 12.1 Å². The van der Waals surface area contributed by atoms with Gasteiger partial charge in [-0.25, -0.2) is 31.8 Å². The minimum absolute atomic E-state index is 0.328. The van der Waals surface area contributed by atoms with Gasteiger partial charge in [0, 0.05) is 0 Å². The number of anilines is 1. The highest BCUT2D eigenvalue weighted by atomic mass is 32.2. The maximum absolute atomic E-state index is 13.5. The Hall–Kier alpha value is -2.56. The van der Waals surface area contributed by atoms with E-state index in [1.807, 2.05) is 0 Å². The summed E-state index contributed by atoms with van der Waals surface area (Å²) in [5.41, 5.74) is -0.707. The summed E-state index contributed by atoms with van der Waals surface area (Å²) in [6.07, 6.45) is 0.989. The Kier molecular flexibility index (Phi) is 3.36. The number of carboxylic acids is 1. The molecule has 0 bridgehead atoms. The number of nitrogens with zero attached hydrogens (tertiary/aromatic N) is 2. The molecule has 0 aliphatic heterocycles. The first-order chi connectivity index (χ1) is 9.31. The number of carboxylic acid groups (broad SMARTS) is 1. The van der Waals surface area contributed by atoms with E-state index in [-0.39, 0.29) is 5.95 Å². The highest BCUT2D eigenvalue weighted by Gasteiger charge is 2.25. The number of halogens is 2. The zero-order chi connectivity index (χ0) is 14.9. The molecule has 20 heavy (non-hydrogen) atoms. The van der Waals surface area contributed by atoms with Gasteiger partial charge in [0.1, 0.15) is 11.2 Å². The lowest BCUT2D eigenvalue weighted by Gasteiger charge is -2.07. The Balaban J connectivity index is 2.53. The number of benzene rings is 1. The second-order valence-electron chi connectivity index (χ2n) is 3.51. The highest BCUT2D eigenvalue weighted by Crippen LogP contribution is 2.21. The molecule has 0 atom stereocenters. The van der Waals surface area contributed by atoms with Crippen LogP contribution in [0.5, 0.6) is 0 Å². The maximum atomic E-state index is 13.5. The SMILES string of the molecule is O=C(O)c1cc(F)c(F)c(S(=O)(=O)Nc2ncn[nH]2)c1. The fraction of sp³-hybridized carbons (Fsp3) is 0. The van der Waals surface area contributed by atoms with E-state index in [1.54, 1.807) is 4.72 Å². The van der Waals surface area contributed by atoms with E-state index in [1.165, 1.54) is 0 Å². The van der Waals surface area contributed by atoms with Crippen LogP contribution in [-0.4, -0.2) is 34.7 Å². The molecule has 0 fully saturated rings. The van der Waals surface area contributed by atoms with Crippen molar-refractivity contribution in [3.8, 4) is 0 Å². The van der Waals surface area contributed by atoms with Gasteiger partial charge < -0.3 is 5.11 Å². The lowest BCUT2D eigenvalue weighted by atomic mass is 10.2. The number of carbonyl (C=O) groups is 1. The first-order valence-corrected chi connectivity index (χ1v) is 6.40. The molecule has 3 N–H and O–H groups in total. The summed E-state index contributed by atoms with van der Waals surface area (Å²) in [4.78, 5) is 13.0. The van der Waals surface area contributed by atoms with Crippen LogP contribution in [0.2, 0.25) is 0 Å². The third-order valence-corrected chi connectivity index (χ3v) is 3.52. The maximum Gasteiger partial charge on any atom is 0.335 e. The van der Waals surface area contributed by atoms with Crippen molar-refractivity contribution in [1.29, 1.82) is 0 Å². The molecule has 8 nitrogen and oxygen atoms in total. The molecule has 1 aromatic heterocycles. The number of rotatable bonds is 4. The number of hydrogen-bond donors (Lipinski definition) is 3. The van der Waals surface area contributed by atoms with Gasteiger partial charge in [0.25, 0.3) is 10.0 Å². The number of hydrogen-bond acceptors (Lipinski definition) is 5. The molecule has 2 rings (SSSR count). The zero-order valence-electron chi connectivity index (χ0n) is 9.46. The summed E-state index contributed by atoms with van der Waals surface area (Å²) < 4.78 is 52.3. The average molecular weight is 304 g/mol. The van der Waals surface area contributed by atoms with Gasteiger partial charge in [-0.05, 0) is 12.1 Å². The van der Waals surface area contributed by atoms with E-state index in [2.05, 4.69) is 15.2 Å². The summed E-state index contributed by atoms with van der Waals surface area (Å²) in [6.45, 7) is 0. The van der Waals surface area contributed by atoms with Crippen LogP contribution in [0.4, 0.5) is 14.7 Å². The van der Waals surface area contributed by atoms with Gasteiger partial charge in [-0.15, -0.1) is 0 Å². The van der Waals surface area contributed by atoms with Crippen LogP contribution >= 0.6 is 0 Å². The fourth-order valence-corrected chi connectivity index (χ4v) is 2.40. The Labute approximate surface area is 110 Å². The molecule has 0 saturated carbocycles. The Morgan fingerprint density at radius 3 is 2.60 bits per heavy atom. The van der Waals surface area contributed by atoms with Gasteiger partial charge in [0.15, 0.2) is 11.6 Å². The van der Waals surface area contributed by atoms with Crippen molar-refractivity contribution in [3.05, 3.63) is 35.7 Å². The molecule has 11 heteroatoms. The lowest BCUT2D eigenvalue weighted by molar-refractivity contribution is 0.0696. The van der Waals surface area contributed by atoms with Gasteiger partial charge in [-0.2, -0.15) is 10.1 Å². The largest absolute Gasteiger partial charge is 0.478 e. The quantitative estimate of drug-likeness (QED) is 0.758. The molecular weight excluding hydrogens is 298 g/mol. The average Bonchev–Trinajstić information content (AvgIpc) is 2.83. The molecular formula is C9H6F2N4O4S. The van der Waals surface area contributed by atoms with Crippen molar-refractivity contribution in [2.45, 2.75) is 4.90 Å². The molecule has 106 valence electrons. The smallest absolute Gasteiger partial charge is 0.335 e. The van der Waals surface area contributed by atoms with E-state index in [4.69, 9.17) is 5.11 Å². The van der Waals surface area contributed by atoms with Crippen LogP contribution in [0.3, 0.4) is 0 Å². The molecule has 0 aliphatic rings. The van der Waals surface area contributed by atoms with Crippen molar-refractivity contribution in [3.63, 3.8) is 0 Å². The number of nitrogens with one attached hydrogen (secondary N) is 2. The monoisotopic (exact) mass is 304 g/mol. The molecule has 0 saturated heterocycles. The summed E-state index contributed by atoms with van der Waals surface area (Å²) in [5.74, 6) is -5.21. The van der Waals surface area contributed by atoms with Crippen molar-refractivity contribution >= 4 is 21.9 Å². The normalized spacial score (nSPS) is 11.3. The van der Waals surface area contributed by atoms with Gasteiger partial charge >= 0.3 is 5.97 Å². The topological polar surface area (TPSA) is 125 Å². The minimum atomic E-state index is -4.55. The zero-order valence-corrected chi connectivity index (χ0v) is 10.3. The fourth-order valence-electron chi connectivity index (χ4n) is 1.32. The second-order valence-corrected chi connectivity index (χ2v) is 5.17. The third kappa shape index (κ3) is 2.56. The Bertz CT molecular complexity index is 761. The first kappa shape index (κ1) is 13.9. The second kappa shape index (κ2) is 4.85. The number of aromatic carboxylic acids is 1. The first-order valence-electron chi connectivity index (χ1n) is 4.92. The van der Waals surface area contributed by atoms with Gasteiger partial charge in [-0.3, -0.25) is 0 Å². The summed E-state index contributed by atoms with van der Waals surface area (Å²) in [6, 6.07) is 0.880. The number of aromatic amines is 1. The predicted octanol–water partition coefficient (Wildman–Crippen LogP) is 0.582. The molecule has 1 heterocycles. The van der Waals surface area contributed by atoms with Crippen LogP contribution in [0.25, 0.3) is 0 Å². The Morgan fingerprint density at radius 1 is 1.35 bits per heavy atom. The Morgan fingerprint density at radius 2 is 2.05 bits per heavy atom. The molecule has 0 amide bonds. The van der Waals surface area contributed by atoms with Crippen LogP contribution in [0, 0.1) is 11.6 Å². The van der Waals surface area contributed by atoms with Crippen molar-refractivity contribution < 1.29 is 27.1 Å². The van der Waals surface area contributed by atoms with Crippen molar-refractivity contribution in [2.24, 2.45) is 0 Å². The molecule has 0 unspecified atom stereocenters. The minimum Gasteiger partial charge on any atom is -0.478 e. The number of H-pyrrole nitrogens is 1. The molecule has 0 spiro atoms. The van der Waals surface area contributed by atoms with Gasteiger partial charge in [-0.1, -0.05) is 0 Å². The highest BCUT2D eigenvalue weighted by molar-refractivity contribution is 7.92. The summed E-state index contributed by atoms with van der Waals surface area (Å²) in [7, 11) is -4.55. The van der Waals surface area contributed by atoms with E-state index >= 15 is 0 Å². The predicted molar refractivity (Wildman–Crippen MR) is 60.5 cm³/mol. The van der Waals surface area contributed by atoms with Crippen LogP contribution in [-0.2, 0) is 10.0 Å².